The summed E-state index contributed by atoms with van der Waals surface area (Å²) >= 11 is 2.71. The van der Waals surface area contributed by atoms with Crippen molar-refractivity contribution < 1.29 is 24.2 Å². The van der Waals surface area contributed by atoms with Crippen LogP contribution in [0.4, 0.5) is 4.79 Å². The monoisotopic (exact) mass is 439 g/mol. The molecule has 2 atom stereocenters. The maximum Gasteiger partial charge on any atom is 0.352 e. The number of nitrogens with zero attached hydrogens (tertiary/aromatic N) is 3. The van der Waals surface area contributed by atoms with Gasteiger partial charge in [-0.2, -0.15) is 0 Å². The topological polar surface area (TPSA) is 134 Å². The molecule has 29 heavy (non-hydrogen) atoms. The normalized spacial score (nSPS) is 20.6. The molecule has 0 radical (unpaired) electrons. The first-order valence-corrected chi connectivity index (χ1v) is 10.9. The van der Waals surface area contributed by atoms with E-state index in [-0.39, 0.29) is 5.70 Å². The highest BCUT2D eigenvalue weighted by Gasteiger charge is 2.54. The van der Waals surface area contributed by atoms with Gasteiger partial charge in [-0.15, -0.1) is 11.8 Å². The number of carboxylic acids is 1. The molecule has 1 saturated heterocycles. The molecule has 2 aliphatic rings. The summed E-state index contributed by atoms with van der Waals surface area (Å²) < 4.78 is 5.01. The third-order valence-electron chi connectivity index (χ3n) is 4.29. The highest BCUT2D eigenvalue weighted by atomic mass is 32.2. The number of urea groups is 1. The molecule has 1 unspecified atom stereocenters. The third-order valence-corrected chi connectivity index (χ3v) is 6.59. The number of nitrogens with one attached hydrogen (secondary N) is 2. The first-order chi connectivity index (χ1) is 14.0. The summed E-state index contributed by atoms with van der Waals surface area (Å²) in [5.74, 6) is -0.276. The van der Waals surface area contributed by atoms with Gasteiger partial charge in [0.2, 0.25) is 0 Å². The van der Waals surface area contributed by atoms with Crippen LogP contribution >= 0.6 is 23.5 Å². The second-order valence-electron chi connectivity index (χ2n) is 6.24. The zero-order valence-corrected chi connectivity index (χ0v) is 17.5. The lowest BCUT2D eigenvalue weighted by molar-refractivity contribution is -0.148. The summed E-state index contributed by atoms with van der Waals surface area (Å²) in [4.78, 5) is 45.8. The number of ether oxygens (including phenoxy) is 1. The van der Waals surface area contributed by atoms with Gasteiger partial charge in [-0.1, -0.05) is 18.7 Å². The minimum Gasteiger partial charge on any atom is -0.494 e. The number of carboxylic acid groups (broad SMARTS) is 1. The number of aromatic nitrogens is 2. The van der Waals surface area contributed by atoms with Crippen molar-refractivity contribution in [2.45, 2.75) is 29.9 Å². The fourth-order valence-electron chi connectivity index (χ4n) is 2.86. The number of amides is 3. The van der Waals surface area contributed by atoms with Crippen molar-refractivity contribution in [3.05, 3.63) is 23.7 Å². The molecular formula is C17H21N5O5S2. The van der Waals surface area contributed by atoms with E-state index in [2.05, 4.69) is 20.6 Å². The van der Waals surface area contributed by atoms with Crippen molar-refractivity contribution in [2.24, 2.45) is 0 Å². The van der Waals surface area contributed by atoms with Crippen LogP contribution in [0.3, 0.4) is 0 Å². The Bertz CT molecular complexity index is 832. The molecule has 10 nitrogen and oxygen atoms in total. The average molecular weight is 440 g/mol. The minimum absolute atomic E-state index is 0.0215. The summed E-state index contributed by atoms with van der Waals surface area (Å²) in [6, 6.07) is -1.16. The number of methoxy groups -OCH3 is 1. The van der Waals surface area contributed by atoms with Gasteiger partial charge in [0.15, 0.2) is 10.9 Å². The third kappa shape index (κ3) is 4.58. The van der Waals surface area contributed by atoms with E-state index in [4.69, 9.17) is 4.74 Å². The van der Waals surface area contributed by atoms with E-state index in [0.29, 0.717) is 34.5 Å². The van der Waals surface area contributed by atoms with Gasteiger partial charge in [0.05, 0.1) is 19.5 Å². The molecule has 1 aromatic heterocycles. The van der Waals surface area contributed by atoms with Crippen molar-refractivity contribution in [3.8, 4) is 5.75 Å². The van der Waals surface area contributed by atoms with Crippen molar-refractivity contribution in [1.29, 1.82) is 0 Å². The molecule has 0 bridgehead atoms. The molecule has 3 heterocycles. The first-order valence-electron chi connectivity index (χ1n) is 8.89. The zero-order chi connectivity index (χ0) is 21.0. The summed E-state index contributed by atoms with van der Waals surface area (Å²) in [6.45, 7) is 2.43. The molecule has 2 aliphatic heterocycles. The van der Waals surface area contributed by atoms with Crippen LogP contribution in [0, 0.1) is 0 Å². The molecule has 12 heteroatoms. The fourth-order valence-corrected chi connectivity index (χ4v) is 5.13. The molecule has 1 fully saturated rings. The van der Waals surface area contributed by atoms with Crippen LogP contribution in [0.1, 0.15) is 13.3 Å². The number of hydrogen-bond donors (Lipinski definition) is 3. The van der Waals surface area contributed by atoms with Crippen LogP contribution in [0.15, 0.2) is 28.8 Å². The molecule has 0 saturated carbocycles. The predicted molar refractivity (Wildman–Crippen MR) is 108 cm³/mol. The average Bonchev–Trinajstić information content (AvgIpc) is 2.73. The van der Waals surface area contributed by atoms with Gasteiger partial charge in [-0.05, 0) is 12.0 Å². The van der Waals surface area contributed by atoms with Crippen LogP contribution in [0.5, 0.6) is 5.75 Å². The molecule has 1 aromatic rings. The Kier molecular flexibility index (Phi) is 6.85. The number of aliphatic carboxylic acids is 1. The van der Waals surface area contributed by atoms with Crippen LogP contribution < -0.4 is 15.4 Å². The van der Waals surface area contributed by atoms with Gasteiger partial charge >= 0.3 is 12.0 Å². The van der Waals surface area contributed by atoms with Gasteiger partial charge in [-0.3, -0.25) is 9.69 Å². The lowest BCUT2D eigenvalue weighted by atomic mass is 10.0. The number of β-lactam (4-membered cyclic amide) rings is 1. The SMILES string of the molecule is CCCNC(=O)NC1C(=O)N2C(C(=O)O)=C(CSc3ncc(OC)cn3)CS[C@@H]12. The first kappa shape index (κ1) is 21.2. The quantitative estimate of drug-likeness (QED) is 0.307. The van der Waals surface area contributed by atoms with Crippen molar-refractivity contribution in [3.63, 3.8) is 0 Å². The van der Waals surface area contributed by atoms with E-state index in [1.54, 1.807) is 0 Å². The van der Waals surface area contributed by atoms with E-state index in [1.807, 2.05) is 6.92 Å². The van der Waals surface area contributed by atoms with Crippen LogP contribution in [-0.2, 0) is 9.59 Å². The largest absolute Gasteiger partial charge is 0.494 e. The Labute approximate surface area is 175 Å². The Morgan fingerprint density at radius 1 is 1.41 bits per heavy atom. The van der Waals surface area contributed by atoms with Gasteiger partial charge in [0.25, 0.3) is 5.91 Å². The standard InChI is InChI=1S/C17H21N5O5S2/c1-3-4-18-16(26)21-11-13(23)22-12(15(24)25)9(7-28-14(11)22)8-29-17-19-5-10(27-2)6-20-17/h5-6,11,14H,3-4,7-8H2,1-2H3,(H,24,25)(H2,18,21,26)/t11?,14-/m0/s1. The van der Waals surface area contributed by atoms with Crippen molar-refractivity contribution in [1.82, 2.24) is 25.5 Å². The van der Waals surface area contributed by atoms with Crippen LogP contribution in [-0.4, -0.2) is 74.5 Å². The maximum absolute atomic E-state index is 12.5. The van der Waals surface area contributed by atoms with Crippen LogP contribution in [0.25, 0.3) is 0 Å². The van der Waals surface area contributed by atoms with Crippen molar-refractivity contribution in [2.75, 3.05) is 25.2 Å². The second kappa shape index (κ2) is 9.35. The lowest BCUT2D eigenvalue weighted by Crippen LogP contribution is -2.71. The van der Waals surface area contributed by atoms with Gasteiger partial charge in [-0.25, -0.2) is 19.6 Å². The maximum atomic E-state index is 12.5. The van der Waals surface area contributed by atoms with Crippen LogP contribution in [0.2, 0.25) is 0 Å². The van der Waals surface area contributed by atoms with Gasteiger partial charge in [0.1, 0.15) is 17.1 Å². The van der Waals surface area contributed by atoms with Gasteiger partial charge in [0, 0.05) is 18.1 Å². The lowest BCUT2D eigenvalue weighted by Gasteiger charge is -2.49. The molecule has 0 aromatic carbocycles. The molecule has 3 N–H and O–H groups in total. The summed E-state index contributed by atoms with van der Waals surface area (Å²) in [5, 5.41) is 15.0. The highest BCUT2D eigenvalue weighted by molar-refractivity contribution is 8.01. The van der Waals surface area contributed by atoms with E-state index >= 15 is 0 Å². The van der Waals surface area contributed by atoms with E-state index in [1.165, 1.54) is 47.9 Å². The molecule has 0 aliphatic carbocycles. The Morgan fingerprint density at radius 2 is 2.14 bits per heavy atom. The smallest absolute Gasteiger partial charge is 0.352 e. The van der Waals surface area contributed by atoms with E-state index in [9.17, 15) is 19.5 Å². The molecule has 0 spiro atoms. The van der Waals surface area contributed by atoms with Crippen molar-refractivity contribution >= 4 is 41.4 Å². The minimum atomic E-state index is -1.16. The summed E-state index contributed by atoms with van der Waals surface area (Å²) in [5.41, 5.74) is 0.595. The number of rotatable bonds is 8. The molecular weight excluding hydrogens is 418 g/mol. The number of fused-ring (bicyclic) bond motifs is 1. The Morgan fingerprint density at radius 3 is 2.76 bits per heavy atom. The van der Waals surface area contributed by atoms with E-state index < -0.39 is 29.3 Å². The predicted octanol–water partition coefficient (Wildman–Crippen LogP) is 0.909. The summed E-state index contributed by atoms with van der Waals surface area (Å²) in [6.07, 6.45) is 3.85. The Balaban J connectivity index is 1.68. The van der Waals surface area contributed by atoms with E-state index in [0.717, 1.165) is 6.42 Å². The second-order valence-corrected chi connectivity index (χ2v) is 8.29. The molecule has 3 rings (SSSR count). The Hall–Kier alpha value is -2.47. The molecule has 3 amide bonds. The molecule has 156 valence electrons. The fraction of sp³-hybridized carbons (Fsp3) is 0.471. The summed E-state index contributed by atoms with van der Waals surface area (Å²) in [7, 11) is 1.52. The zero-order valence-electron chi connectivity index (χ0n) is 15.9. The number of carbonyl (C=O) groups excluding carboxylic acids is 2. The van der Waals surface area contributed by atoms with Gasteiger partial charge < -0.3 is 20.5 Å². The number of hydrogen-bond acceptors (Lipinski definition) is 8. The highest BCUT2D eigenvalue weighted by Crippen LogP contribution is 2.41. The number of carbonyl (C=O) groups is 3. The number of thioether (sulfide) groups is 2.